The molecule has 112 valence electrons. The minimum absolute atomic E-state index is 0.0449. The third-order valence-corrected chi connectivity index (χ3v) is 3.37. The van der Waals surface area contributed by atoms with Gasteiger partial charge in [0.25, 0.3) is 11.6 Å². The molecule has 0 fully saturated rings. The summed E-state index contributed by atoms with van der Waals surface area (Å²) in [6.45, 7) is 3.01. The quantitative estimate of drug-likeness (QED) is 0.358. The van der Waals surface area contributed by atoms with Crippen molar-refractivity contribution in [3.8, 4) is 0 Å². The van der Waals surface area contributed by atoms with Crippen LogP contribution in [-0.2, 0) is 4.79 Å². The predicted octanol–water partition coefficient (Wildman–Crippen LogP) is 2.03. The van der Waals surface area contributed by atoms with Crippen molar-refractivity contribution in [1.82, 2.24) is 4.90 Å². The van der Waals surface area contributed by atoms with Gasteiger partial charge in [-0.2, -0.15) is 0 Å². The topological polar surface area (TPSA) is 101 Å². The van der Waals surface area contributed by atoms with Gasteiger partial charge in [-0.25, -0.2) is 0 Å². The third kappa shape index (κ3) is 4.32. The molecule has 21 heavy (non-hydrogen) atoms. The molecule has 0 atom stereocenters. The zero-order valence-corrected chi connectivity index (χ0v) is 12.1. The number of nitrogens with zero attached hydrogens (tertiary/aromatic N) is 2. The molecule has 0 aliphatic carbocycles. The number of nitro groups is 1. The monoisotopic (exact) mass is 310 g/mol. The highest BCUT2D eigenvalue weighted by Gasteiger charge is 2.21. The van der Waals surface area contributed by atoms with E-state index in [9.17, 15) is 19.7 Å². The number of rotatable bonds is 7. The van der Waals surface area contributed by atoms with E-state index in [-0.39, 0.29) is 17.8 Å². The second kappa shape index (κ2) is 7.44. The minimum Gasteiger partial charge on any atom is -0.480 e. The lowest BCUT2D eigenvalue weighted by atomic mass is 10.1. The van der Waals surface area contributed by atoms with Gasteiger partial charge in [-0.15, -0.1) is 18.3 Å². The number of nitro benzene ring substituents is 1. The first-order valence-electron chi connectivity index (χ1n) is 5.85. The second-order valence-corrected chi connectivity index (χ2v) is 4.86. The molecule has 1 aromatic carbocycles. The second-order valence-electron chi connectivity index (χ2n) is 4.01. The summed E-state index contributed by atoms with van der Waals surface area (Å²) in [5, 5.41) is 19.8. The Labute approximate surface area is 125 Å². The van der Waals surface area contributed by atoms with Crippen molar-refractivity contribution in [1.29, 1.82) is 0 Å². The van der Waals surface area contributed by atoms with Crippen LogP contribution >= 0.6 is 11.8 Å². The minimum atomic E-state index is -1.17. The molecule has 0 heterocycles. The van der Waals surface area contributed by atoms with E-state index in [0.717, 1.165) is 11.0 Å². The number of thioether (sulfide) groups is 1. The Morgan fingerprint density at radius 2 is 2.19 bits per heavy atom. The van der Waals surface area contributed by atoms with Gasteiger partial charge in [-0.1, -0.05) is 6.08 Å². The molecule has 7 nitrogen and oxygen atoms in total. The number of carbonyl (C=O) groups excluding carboxylic acids is 1. The third-order valence-electron chi connectivity index (χ3n) is 2.59. The van der Waals surface area contributed by atoms with Crippen LogP contribution in [0.5, 0.6) is 0 Å². The van der Waals surface area contributed by atoms with Crippen molar-refractivity contribution in [3.63, 3.8) is 0 Å². The van der Waals surface area contributed by atoms with Crippen LogP contribution in [0.25, 0.3) is 0 Å². The molecular formula is C13H14N2O5S. The van der Waals surface area contributed by atoms with E-state index in [1.807, 2.05) is 0 Å². The number of amides is 1. The van der Waals surface area contributed by atoms with Gasteiger partial charge >= 0.3 is 5.97 Å². The van der Waals surface area contributed by atoms with Crippen LogP contribution in [0, 0.1) is 10.1 Å². The summed E-state index contributed by atoms with van der Waals surface area (Å²) >= 11 is 1.20. The number of aliphatic carboxylic acids is 1. The van der Waals surface area contributed by atoms with E-state index in [1.54, 1.807) is 6.26 Å². The maximum Gasteiger partial charge on any atom is 0.323 e. The van der Waals surface area contributed by atoms with Gasteiger partial charge in [0, 0.05) is 18.2 Å². The number of benzene rings is 1. The van der Waals surface area contributed by atoms with E-state index in [1.165, 1.54) is 30.0 Å². The Morgan fingerprint density at radius 1 is 1.52 bits per heavy atom. The standard InChI is InChI=1S/C13H14N2O5S/c1-3-6-14(8-12(16)17)13(18)9-4-5-11(21-2)10(7-9)15(19)20/h3-5,7H,1,6,8H2,2H3,(H,16,17). The van der Waals surface area contributed by atoms with Crippen LogP contribution in [-0.4, -0.2) is 46.2 Å². The molecule has 1 N–H and O–H groups in total. The molecule has 0 aromatic heterocycles. The Kier molecular flexibility index (Phi) is 5.92. The summed E-state index contributed by atoms with van der Waals surface area (Å²) in [5.41, 5.74) is -0.107. The molecular weight excluding hydrogens is 296 g/mol. The van der Waals surface area contributed by atoms with Crippen molar-refractivity contribution >= 4 is 29.3 Å². The smallest absolute Gasteiger partial charge is 0.323 e. The van der Waals surface area contributed by atoms with E-state index in [4.69, 9.17) is 5.11 Å². The maximum atomic E-state index is 12.2. The van der Waals surface area contributed by atoms with Crippen LogP contribution in [0.1, 0.15) is 10.4 Å². The van der Waals surface area contributed by atoms with E-state index < -0.39 is 23.3 Å². The van der Waals surface area contributed by atoms with E-state index in [0.29, 0.717) is 4.90 Å². The number of hydrogen-bond acceptors (Lipinski definition) is 5. The lowest BCUT2D eigenvalue weighted by molar-refractivity contribution is -0.387. The molecule has 1 aromatic rings. The Balaban J connectivity index is 3.15. The number of carboxylic acid groups (broad SMARTS) is 1. The summed E-state index contributed by atoms with van der Waals surface area (Å²) in [7, 11) is 0. The fourth-order valence-electron chi connectivity index (χ4n) is 1.69. The van der Waals surface area contributed by atoms with Gasteiger partial charge in [0.2, 0.25) is 0 Å². The summed E-state index contributed by atoms with van der Waals surface area (Å²) < 4.78 is 0. The van der Waals surface area contributed by atoms with Crippen LogP contribution in [0.3, 0.4) is 0 Å². The van der Waals surface area contributed by atoms with Crippen molar-refractivity contribution in [2.24, 2.45) is 0 Å². The molecule has 8 heteroatoms. The zero-order valence-electron chi connectivity index (χ0n) is 11.3. The lowest BCUT2D eigenvalue weighted by Gasteiger charge is -2.18. The molecule has 0 radical (unpaired) electrons. The van der Waals surface area contributed by atoms with Crippen molar-refractivity contribution in [2.75, 3.05) is 19.3 Å². The molecule has 0 unspecified atom stereocenters. The van der Waals surface area contributed by atoms with Crippen molar-refractivity contribution < 1.29 is 19.6 Å². The predicted molar refractivity (Wildman–Crippen MR) is 78.6 cm³/mol. The summed E-state index contributed by atoms with van der Waals surface area (Å²) in [4.78, 5) is 34.9. The average Bonchev–Trinajstić information content (AvgIpc) is 2.44. The first kappa shape index (κ1) is 16.7. The summed E-state index contributed by atoms with van der Waals surface area (Å²) in [6, 6.07) is 4.08. The molecule has 1 rings (SSSR count). The van der Waals surface area contributed by atoms with Crippen molar-refractivity contribution in [3.05, 3.63) is 46.5 Å². The molecule has 0 spiro atoms. The largest absolute Gasteiger partial charge is 0.480 e. The number of carbonyl (C=O) groups is 2. The molecule has 0 aliphatic heterocycles. The van der Waals surface area contributed by atoms with Crippen LogP contribution in [0.4, 0.5) is 5.69 Å². The van der Waals surface area contributed by atoms with Gasteiger partial charge in [0.05, 0.1) is 9.82 Å². The summed E-state index contributed by atoms with van der Waals surface area (Å²) in [5.74, 6) is -1.76. The van der Waals surface area contributed by atoms with Gasteiger partial charge in [0.15, 0.2) is 0 Å². The highest BCUT2D eigenvalue weighted by atomic mass is 32.2. The Hall–Kier alpha value is -2.35. The van der Waals surface area contributed by atoms with Crippen LogP contribution in [0.15, 0.2) is 35.7 Å². The normalized spacial score (nSPS) is 9.95. The fraction of sp³-hybridized carbons (Fsp3) is 0.231. The number of hydrogen-bond donors (Lipinski definition) is 1. The summed E-state index contributed by atoms with van der Waals surface area (Å²) in [6.07, 6.45) is 3.09. The van der Waals surface area contributed by atoms with E-state index >= 15 is 0 Å². The first-order valence-corrected chi connectivity index (χ1v) is 7.07. The van der Waals surface area contributed by atoms with Gasteiger partial charge < -0.3 is 10.0 Å². The highest BCUT2D eigenvalue weighted by molar-refractivity contribution is 7.98. The molecule has 0 saturated heterocycles. The molecule has 0 saturated carbocycles. The lowest BCUT2D eigenvalue weighted by Crippen LogP contribution is -2.35. The Morgan fingerprint density at radius 3 is 2.67 bits per heavy atom. The van der Waals surface area contributed by atoms with Crippen LogP contribution < -0.4 is 0 Å². The van der Waals surface area contributed by atoms with Gasteiger partial charge in [-0.3, -0.25) is 19.7 Å². The highest BCUT2D eigenvalue weighted by Crippen LogP contribution is 2.28. The van der Waals surface area contributed by atoms with Gasteiger partial charge in [-0.05, 0) is 18.4 Å². The van der Waals surface area contributed by atoms with Crippen molar-refractivity contribution in [2.45, 2.75) is 4.90 Å². The fourth-order valence-corrected chi connectivity index (χ4v) is 2.23. The van der Waals surface area contributed by atoms with Gasteiger partial charge in [0.1, 0.15) is 6.54 Å². The van der Waals surface area contributed by atoms with E-state index in [2.05, 4.69) is 6.58 Å². The zero-order chi connectivity index (χ0) is 16.0. The Bertz CT molecular complexity index is 588. The molecule has 0 aliphatic rings. The average molecular weight is 310 g/mol. The molecule has 0 bridgehead atoms. The maximum absolute atomic E-state index is 12.2. The molecule has 1 amide bonds. The number of carboxylic acids is 1. The first-order chi connectivity index (χ1) is 9.90. The SMILES string of the molecule is C=CCN(CC(=O)O)C(=O)c1ccc(SC)c([N+](=O)[O-])c1. The van der Waals surface area contributed by atoms with Crippen LogP contribution in [0.2, 0.25) is 0 Å².